The highest BCUT2D eigenvalue weighted by Gasteiger charge is 2.41. The second kappa shape index (κ2) is 6.52. The highest BCUT2D eigenvalue weighted by Crippen LogP contribution is 2.38. The average Bonchev–Trinajstić information content (AvgIpc) is 2.44. The summed E-state index contributed by atoms with van der Waals surface area (Å²) in [7, 11) is 1.79. The number of nitrogens with zero attached hydrogens (tertiary/aromatic N) is 1. The summed E-state index contributed by atoms with van der Waals surface area (Å²) in [5.74, 6) is 7.03. The fourth-order valence-corrected chi connectivity index (χ4v) is 3.44. The van der Waals surface area contributed by atoms with Crippen molar-refractivity contribution in [2.75, 3.05) is 12.8 Å². The van der Waals surface area contributed by atoms with Crippen LogP contribution < -0.4 is 17.0 Å². The van der Waals surface area contributed by atoms with E-state index in [2.05, 4.69) is 17.3 Å². The molecule has 1 saturated carbocycles. The molecule has 2 rings (SSSR count). The number of hydrogen-bond donors (Lipinski definition) is 3. The summed E-state index contributed by atoms with van der Waals surface area (Å²) in [6, 6.07) is 3.97. The standard InChI is InChI=1S/C15H26N4O/c1-11-4-3-6-15(10-11,20-2)13(19-17)8-12-5-7-18-14(16)9-12/h5,7,9,11,13,19H,3-4,6,8,10,17H2,1-2H3,(H2,16,18). The number of nitrogens with one attached hydrogen (secondary N) is 1. The van der Waals surface area contributed by atoms with Crippen LogP contribution in [0.2, 0.25) is 0 Å². The molecule has 1 aromatic rings. The Morgan fingerprint density at radius 2 is 2.40 bits per heavy atom. The number of rotatable bonds is 5. The minimum atomic E-state index is -0.190. The van der Waals surface area contributed by atoms with Crippen molar-refractivity contribution in [1.29, 1.82) is 0 Å². The van der Waals surface area contributed by atoms with E-state index in [1.807, 2.05) is 12.1 Å². The van der Waals surface area contributed by atoms with Crippen LogP contribution in [0.4, 0.5) is 5.82 Å². The Labute approximate surface area is 121 Å². The van der Waals surface area contributed by atoms with Gasteiger partial charge in [-0.05, 0) is 42.9 Å². The number of hydrogen-bond acceptors (Lipinski definition) is 5. The van der Waals surface area contributed by atoms with Crippen molar-refractivity contribution in [3.8, 4) is 0 Å². The Bertz CT molecular complexity index is 440. The van der Waals surface area contributed by atoms with Crippen molar-refractivity contribution >= 4 is 5.82 Å². The Morgan fingerprint density at radius 1 is 1.60 bits per heavy atom. The lowest BCUT2D eigenvalue weighted by Gasteiger charge is -2.44. The molecule has 0 spiro atoms. The van der Waals surface area contributed by atoms with Gasteiger partial charge in [0, 0.05) is 13.3 Å². The van der Waals surface area contributed by atoms with Crippen LogP contribution in [0.1, 0.15) is 38.2 Å². The summed E-state index contributed by atoms with van der Waals surface area (Å²) < 4.78 is 5.92. The fourth-order valence-electron chi connectivity index (χ4n) is 3.44. The summed E-state index contributed by atoms with van der Waals surface area (Å²) in [6.07, 6.45) is 7.07. The molecule has 1 aromatic heterocycles. The SMILES string of the molecule is COC1(C(Cc2ccnc(N)c2)NN)CCCC(C)C1. The van der Waals surface area contributed by atoms with Gasteiger partial charge >= 0.3 is 0 Å². The predicted molar refractivity (Wildman–Crippen MR) is 80.8 cm³/mol. The summed E-state index contributed by atoms with van der Waals surface area (Å²) in [6.45, 7) is 2.28. The van der Waals surface area contributed by atoms with Crippen LogP contribution in [0.5, 0.6) is 0 Å². The molecule has 5 nitrogen and oxygen atoms in total. The lowest BCUT2D eigenvalue weighted by molar-refractivity contribution is -0.0791. The lowest BCUT2D eigenvalue weighted by Crippen LogP contribution is -2.57. The van der Waals surface area contributed by atoms with Gasteiger partial charge in [-0.2, -0.15) is 0 Å². The molecule has 0 aromatic carbocycles. The van der Waals surface area contributed by atoms with E-state index >= 15 is 0 Å². The van der Waals surface area contributed by atoms with Gasteiger partial charge in [0.2, 0.25) is 0 Å². The Morgan fingerprint density at radius 3 is 3.00 bits per heavy atom. The second-order valence-electron chi connectivity index (χ2n) is 5.98. The number of hydrazine groups is 1. The first-order valence-corrected chi connectivity index (χ1v) is 7.31. The maximum absolute atomic E-state index is 5.92. The number of nitrogens with two attached hydrogens (primary N) is 2. The Kier molecular flexibility index (Phi) is 4.96. The molecule has 5 heteroatoms. The number of pyridine rings is 1. The number of ether oxygens (including phenoxy) is 1. The van der Waals surface area contributed by atoms with Crippen molar-refractivity contribution in [2.24, 2.45) is 11.8 Å². The van der Waals surface area contributed by atoms with E-state index in [0.717, 1.165) is 24.8 Å². The van der Waals surface area contributed by atoms with Gasteiger partial charge in [0.15, 0.2) is 0 Å². The zero-order valence-electron chi connectivity index (χ0n) is 12.4. The molecular formula is C15H26N4O. The van der Waals surface area contributed by atoms with Gasteiger partial charge in [-0.1, -0.05) is 19.8 Å². The van der Waals surface area contributed by atoms with Crippen molar-refractivity contribution in [3.05, 3.63) is 23.9 Å². The lowest BCUT2D eigenvalue weighted by atomic mass is 9.73. The third-order valence-corrected chi connectivity index (χ3v) is 4.52. The van der Waals surface area contributed by atoms with Crippen LogP contribution >= 0.6 is 0 Å². The molecule has 1 heterocycles. The first kappa shape index (κ1) is 15.2. The van der Waals surface area contributed by atoms with Crippen LogP contribution in [0.3, 0.4) is 0 Å². The summed E-state index contributed by atoms with van der Waals surface area (Å²) in [5, 5.41) is 0. The first-order valence-electron chi connectivity index (χ1n) is 7.31. The fraction of sp³-hybridized carbons (Fsp3) is 0.667. The molecule has 0 saturated heterocycles. The Hall–Kier alpha value is -1.17. The normalized spacial score (nSPS) is 28.2. The number of methoxy groups -OCH3 is 1. The van der Waals surface area contributed by atoms with Gasteiger partial charge in [-0.15, -0.1) is 0 Å². The summed E-state index contributed by atoms with van der Waals surface area (Å²) in [5.41, 5.74) is 9.66. The smallest absolute Gasteiger partial charge is 0.123 e. The van der Waals surface area contributed by atoms with Gasteiger partial charge in [-0.3, -0.25) is 11.3 Å². The van der Waals surface area contributed by atoms with Crippen molar-refractivity contribution < 1.29 is 4.74 Å². The van der Waals surface area contributed by atoms with Crippen LogP contribution in [0.25, 0.3) is 0 Å². The van der Waals surface area contributed by atoms with Crippen molar-refractivity contribution in [1.82, 2.24) is 10.4 Å². The van der Waals surface area contributed by atoms with Crippen LogP contribution in [-0.4, -0.2) is 23.7 Å². The number of anilines is 1. The number of aromatic nitrogens is 1. The molecule has 1 fully saturated rings. The maximum Gasteiger partial charge on any atom is 0.123 e. The van der Waals surface area contributed by atoms with E-state index in [4.69, 9.17) is 16.3 Å². The van der Waals surface area contributed by atoms with E-state index in [1.54, 1.807) is 13.3 Å². The van der Waals surface area contributed by atoms with Crippen molar-refractivity contribution in [2.45, 2.75) is 50.7 Å². The van der Waals surface area contributed by atoms with Crippen molar-refractivity contribution in [3.63, 3.8) is 0 Å². The van der Waals surface area contributed by atoms with Crippen LogP contribution in [0.15, 0.2) is 18.3 Å². The molecule has 5 N–H and O–H groups in total. The van der Waals surface area contributed by atoms with Gasteiger partial charge in [0.1, 0.15) is 5.82 Å². The second-order valence-corrected chi connectivity index (χ2v) is 5.98. The molecule has 0 bridgehead atoms. The van der Waals surface area contributed by atoms with Gasteiger partial charge in [-0.25, -0.2) is 4.98 Å². The molecule has 0 aliphatic heterocycles. The first-order chi connectivity index (χ1) is 9.59. The third-order valence-electron chi connectivity index (χ3n) is 4.52. The van der Waals surface area contributed by atoms with Gasteiger partial charge in [0.05, 0.1) is 11.6 Å². The summed E-state index contributed by atoms with van der Waals surface area (Å²) >= 11 is 0. The van der Waals surface area contributed by atoms with E-state index in [1.165, 1.54) is 12.8 Å². The molecule has 3 unspecified atom stereocenters. The number of nitrogen functional groups attached to an aromatic ring is 1. The predicted octanol–water partition coefficient (Wildman–Crippen LogP) is 1.63. The largest absolute Gasteiger partial charge is 0.384 e. The zero-order valence-corrected chi connectivity index (χ0v) is 12.4. The van der Waals surface area contributed by atoms with Crippen LogP contribution in [-0.2, 0) is 11.2 Å². The third kappa shape index (κ3) is 3.29. The quantitative estimate of drug-likeness (QED) is 0.563. The Balaban J connectivity index is 2.17. The topological polar surface area (TPSA) is 86.2 Å². The van der Waals surface area contributed by atoms with Gasteiger partial charge < -0.3 is 10.5 Å². The van der Waals surface area contributed by atoms with E-state index in [9.17, 15) is 0 Å². The molecule has 1 aliphatic rings. The van der Waals surface area contributed by atoms with E-state index < -0.39 is 0 Å². The average molecular weight is 278 g/mol. The molecule has 20 heavy (non-hydrogen) atoms. The van der Waals surface area contributed by atoms with E-state index in [-0.39, 0.29) is 11.6 Å². The van der Waals surface area contributed by atoms with E-state index in [0.29, 0.717) is 11.7 Å². The maximum atomic E-state index is 5.92. The monoisotopic (exact) mass is 278 g/mol. The highest BCUT2D eigenvalue weighted by molar-refractivity contribution is 5.32. The highest BCUT2D eigenvalue weighted by atomic mass is 16.5. The van der Waals surface area contributed by atoms with Gasteiger partial charge in [0.25, 0.3) is 0 Å². The molecule has 0 amide bonds. The molecule has 0 radical (unpaired) electrons. The molecule has 3 atom stereocenters. The molecule has 1 aliphatic carbocycles. The van der Waals surface area contributed by atoms with Crippen LogP contribution in [0, 0.1) is 5.92 Å². The summed E-state index contributed by atoms with van der Waals surface area (Å²) in [4.78, 5) is 4.03. The molecule has 112 valence electrons. The minimum absolute atomic E-state index is 0.0806. The molecular weight excluding hydrogens is 252 g/mol. The minimum Gasteiger partial charge on any atom is -0.384 e. The zero-order chi connectivity index (χ0) is 14.6.